The molecule has 1 aromatic carbocycles. The van der Waals surface area contributed by atoms with Crippen molar-refractivity contribution in [2.45, 2.75) is 45.8 Å². The molecule has 2 atom stereocenters. The van der Waals surface area contributed by atoms with Crippen molar-refractivity contribution in [3.63, 3.8) is 0 Å². The molecule has 3 heteroatoms. The van der Waals surface area contributed by atoms with Gasteiger partial charge in [0.1, 0.15) is 5.82 Å². The summed E-state index contributed by atoms with van der Waals surface area (Å²) in [6.07, 6.45) is 0.809. The van der Waals surface area contributed by atoms with E-state index < -0.39 is 12.1 Å². The summed E-state index contributed by atoms with van der Waals surface area (Å²) in [5.41, 5.74) is 7.14. The average molecular weight is 239 g/mol. The maximum atomic E-state index is 13.7. The first kappa shape index (κ1) is 14.1. The molecule has 1 aromatic rings. The summed E-state index contributed by atoms with van der Waals surface area (Å²) in [4.78, 5) is 0. The van der Waals surface area contributed by atoms with Crippen molar-refractivity contribution in [3.05, 3.63) is 35.1 Å². The summed E-state index contributed by atoms with van der Waals surface area (Å²) in [6.45, 7) is 6.00. The molecule has 0 saturated heterocycles. The fraction of sp³-hybridized carbons (Fsp3) is 0.571. The van der Waals surface area contributed by atoms with E-state index in [-0.39, 0.29) is 5.82 Å². The molecule has 0 aliphatic rings. The van der Waals surface area contributed by atoms with Gasteiger partial charge in [0.15, 0.2) is 0 Å². The fourth-order valence-electron chi connectivity index (χ4n) is 1.79. The van der Waals surface area contributed by atoms with Crippen LogP contribution in [-0.4, -0.2) is 11.2 Å². The highest BCUT2D eigenvalue weighted by Gasteiger charge is 2.20. The van der Waals surface area contributed by atoms with Crippen LogP contribution in [0.2, 0.25) is 0 Å². The molecule has 3 N–H and O–H groups in total. The second kappa shape index (κ2) is 6.12. The van der Waals surface area contributed by atoms with E-state index in [1.54, 1.807) is 6.07 Å². The van der Waals surface area contributed by atoms with Gasteiger partial charge in [-0.05, 0) is 37.3 Å². The van der Waals surface area contributed by atoms with Crippen LogP contribution in [0.5, 0.6) is 0 Å². The molecule has 0 aromatic heterocycles. The predicted octanol–water partition coefficient (Wildman–Crippen LogP) is 2.93. The summed E-state index contributed by atoms with van der Waals surface area (Å²) in [7, 11) is 0. The molecule has 1 rings (SSSR count). The van der Waals surface area contributed by atoms with Crippen LogP contribution in [0, 0.1) is 18.7 Å². The van der Waals surface area contributed by atoms with Crippen LogP contribution in [0.4, 0.5) is 4.39 Å². The summed E-state index contributed by atoms with van der Waals surface area (Å²) in [5, 5.41) is 9.92. The third-order valence-electron chi connectivity index (χ3n) is 2.97. The van der Waals surface area contributed by atoms with Gasteiger partial charge in [0.25, 0.3) is 0 Å². The van der Waals surface area contributed by atoms with Crippen LogP contribution in [-0.2, 0) is 0 Å². The van der Waals surface area contributed by atoms with E-state index in [0.29, 0.717) is 17.9 Å². The second-order valence-corrected chi connectivity index (χ2v) is 5.09. The SMILES string of the molecule is Cc1ccc([C@H](N)[C@H](O)CCC(C)C)c(F)c1. The van der Waals surface area contributed by atoms with E-state index in [1.165, 1.54) is 6.07 Å². The second-order valence-electron chi connectivity index (χ2n) is 5.09. The number of aliphatic hydroxyl groups is 1. The first-order chi connectivity index (χ1) is 7.91. The van der Waals surface area contributed by atoms with E-state index >= 15 is 0 Å². The number of aliphatic hydroxyl groups excluding tert-OH is 1. The van der Waals surface area contributed by atoms with Crippen LogP contribution in [0.25, 0.3) is 0 Å². The number of nitrogens with two attached hydrogens (primary N) is 1. The van der Waals surface area contributed by atoms with Gasteiger partial charge in [-0.3, -0.25) is 0 Å². The molecular weight excluding hydrogens is 217 g/mol. The van der Waals surface area contributed by atoms with Crippen molar-refractivity contribution in [3.8, 4) is 0 Å². The van der Waals surface area contributed by atoms with Gasteiger partial charge in [0.05, 0.1) is 12.1 Å². The number of halogens is 1. The molecule has 0 unspecified atom stereocenters. The van der Waals surface area contributed by atoms with Gasteiger partial charge >= 0.3 is 0 Å². The lowest BCUT2D eigenvalue weighted by Crippen LogP contribution is -2.27. The average Bonchev–Trinajstić information content (AvgIpc) is 2.25. The van der Waals surface area contributed by atoms with Crippen molar-refractivity contribution in [1.29, 1.82) is 0 Å². The van der Waals surface area contributed by atoms with E-state index in [2.05, 4.69) is 13.8 Å². The molecule has 0 spiro atoms. The zero-order chi connectivity index (χ0) is 13.0. The highest BCUT2D eigenvalue weighted by Crippen LogP contribution is 2.22. The fourth-order valence-corrected chi connectivity index (χ4v) is 1.79. The molecule has 0 radical (unpaired) electrons. The summed E-state index contributed by atoms with van der Waals surface area (Å²) in [5.74, 6) is 0.181. The molecule has 0 saturated carbocycles. The standard InChI is InChI=1S/C14H22FNO/c1-9(2)4-7-13(17)14(16)11-6-5-10(3)8-12(11)15/h5-6,8-9,13-14,17H,4,7,16H2,1-3H3/t13-,14+/m1/s1. The monoisotopic (exact) mass is 239 g/mol. The number of hydrogen-bond acceptors (Lipinski definition) is 2. The molecule has 0 fully saturated rings. The van der Waals surface area contributed by atoms with Crippen molar-refractivity contribution in [2.24, 2.45) is 11.7 Å². The predicted molar refractivity (Wildman–Crippen MR) is 68.1 cm³/mol. The van der Waals surface area contributed by atoms with E-state index in [0.717, 1.165) is 12.0 Å². The Hall–Kier alpha value is -0.930. The highest BCUT2D eigenvalue weighted by molar-refractivity contribution is 5.26. The van der Waals surface area contributed by atoms with Crippen LogP contribution in [0.15, 0.2) is 18.2 Å². The van der Waals surface area contributed by atoms with Crippen molar-refractivity contribution >= 4 is 0 Å². The quantitative estimate of drug-likeness (QED) is 0.830. The molecule has 0 aliphatic carbocycles. The molecule has 0 aliphatic heterocycles. The Kier molecular flexibility index (Phi) is 5.09. The van der Waals surface area contributed by atoms with E-state index in [9.17, 15) is 9.50 Å². The lowest BCUT2D eigenvalue weighted by atomic mass is 9.95. The lowest BCUT2D eigenvalue weighted by molar-refractivity contribution is 0.127. The topological polar surface area (TPSA) is 46.2 Å². The number of benzene rings is 1. The van der Waals surface area contributed by atoms with Crippen molar-refractivity contribution < 1.29 is 9.50 Å². The molecule has 96 valence electrons. The van der Waals surface area contributed by atoms with Gasteiger partial charge in [-0.2, -0.15) is 0 Å². The van der Waals surface area contributed by atoms with Crippen LogP contribution < -0.4 is 5.73 Å². The zero-order valence-electron chi connectivity index (χ0n) is 10.8. The van der Waals surface area contributed by atoms with E-state index in [1.807, 2.05) is 13.0 Å². The Bertz CT molecular complexity index is 365. The first-order valence-corrected chi connectivity index (χ1v) is 6.11. The summed E-state index contributed by atoms with van der Waals surface area (Å²) in [6, 6.07) is 4.28. The van der Waals surface area contributed by atoms with Crippen LogP contribution in [0.1, 0.15) is 43.9 Å². The third-order valence-corrected chi connectivity index (χ3v) is 2.97. The van der Waals surface area contributed by atoms with E-state index in [4.69, 9.17) is 5.73 Å². The minimum absolute atomic E-state index is 0.332. The zero-order valence-corrected chi connectivity index (χ0v) is 10.8. The highest BCUT2D eigenvalue weighted by atomic mass is 19.1. The maximum Gasteiger partial charge on any atom is 0.128 e. The molecule has 17 heavy (non-hydrogen) atoms. The largest absolute Gasteiger partial charge is 0.391 e. The Morgan fingerprint density at radius 1 is 1.29 bits per heavy atom. The smallest absolute Gasteiger partial charge is 0.128 e. The Balaban J connectivity index is 2.71. The van der Waals surface area contributed by atoms with Crippen LogP contribution >= 0.6 is 0 Å². The third kappa shape index (κ3) is 4.10. The number of rotatable bonds is 5. The van der Waals surface area contributed by atoms with Gasteiger partial charge in [-0.25, -0.2) is 4.39 Å². The Morgan fingerprint density at radius 3 is 2.47 bits per heavy atom. The van der Waals surface area contributed by atoms with Gasteiger partial charge in [0, 0.05) is 5.56 Å². The number of aryl methyl sites for hydroxylation is 1. The minimum atomic E-state index is -0.686. The Morgan fingerprint density at radius 2 is 1.94 bits per heavy atom. The molecule has 0 amide bonds. The molecular formula is C14H22FNO. The van der Waals surface area contributed by atoms with Gasteiger partial charge < -0.3 is 10.8 Å². The molecule has 0 heterocycles. The normalized spacial score (nSPS) is 15.0. The van der Waals surface area contributed by atoms with Gasteiger partial charge in [-0.1, -0.05) is 26.0 Å². The van der Waals surface area contributed by atoms with Crippen LogP contribution in [0.3, 0.4) is 0 Å². The maximum absolute atomic E-state index is 13.7. The lowest BCUT2D eigenvalue weighted by Gasteiger charge is -2.20. The Labute approximate surface area is 103 Å². The van der Waals surface area contributed by atoms with Crippen molar-refractivity contribution in [2.75, 3.05) is 0 Å². The number of hydrogen-bond donors (Lipinski definition) is 2. The molecule has 2 nitrogen and oxygen atoms in total. The van der Waals surface area contributed by atoms with Gasteiger partial charge in [0.2, 0.25) is 0 Å². The minimum Gasteiger partial charge on any atom is -0.391 e. The summed E-state index contributed by atoms with van der Waals surface area (Å²) >= 11 is 0. The van der Waals surface area contributed by atoms with Crippen molar-refractivity contribution in [1.82, 2.24) is 0 Å². The summed E-state index contributed by atoms with van der Waals surface area (Å²) < 4.78 is 13.7. The van der Waals surface area contributed by atoms with Gasteiger partial charge in [-0.15, -0.1) is 0 Å². The molecule has 0 bridgehead atoms. The first-order valence-electron chi connectivity index (χ1n) is 6.11.